The Labute approximate surface area is 289 Å². The van der Waals surface area contributed by atoms with E-state index in [0.29, 0.717) is 36.0 Å². The summed E-state index contributed by atoms with van der Waals surface area (Å²) in [6.07, 6.45) is 11.7. The van der Waals surface area contributed by atoms with Crippen molar-refractivity contribution >= 4 is 28.4 Å². The quantitative estimate of drug-likeness (QED) is 0.147. The number of hydrogen-bond acceptors (Lipinski definition) is 5. The third-order valence-electron chi connectivity index (χ3n) is 9.57. The fraction of sp³-hybridized carbons (Fsp3) is 0.366. The number of benzene rings is 2. The van der Waals surface area contributed by atoms with Crippen molar-refractivity contribution in [3.8, 4) is 16.9 Å². The Morgan fingerprint density at radius 3 is 2.27 bits per heavy atom. The number of para-hydroxylation sites is 1. The summed E-state index contributed by atoms with van der Waals surface area (Å²) in [5.74, 6) is 1.46. The van der Waals surface area contributed by atoms with E-state index >= 15 is 0 Å². The Morgan fingerprint density at radius 2 is 1.55 bits per heavy atom. The molecular formula is C41H47N5O3. The average Bonchev–Trinajstić information content (AvgIpc) is 3.11. The lowest BCUT2D eigenvalue weighted by atomic mass is 9.89. The largest absolute Gasteiger partial charge is 0.493 e. The second kappa shape index (κ2) is 15.5. The molecule has 2 N–H and O–H groups in total. The van der Waals surface area contributed by atoms with Crippen molar-refractivity contribution in [3.63, 3.8) is 0 Å². The number of carbonyl (C=O) groups is 1. The molecule has 8 heteroatoms. The van der Waals surface area contributed by atoms with Gasteiger partial charge in [-0.15, -0.1) is 0 Å². The highest BCUT2D eigenvalue weighted by Gasteiger charge is 2.25. The molecule has 0 aliphatic heterocycles. The monoisotopic (exact) mass is 657 g/mol. The van der Waals surface area contributed by atoms with Gasteiger partial charge < -0.3 is 15.4 Å². The van der Waals surface area contributed by atoms with Crippen LogP contribution in [-0.2, 0) is 13.0 Å². The van der Waals surface area contributed by atoms with Gasteiger partial charge in [-0.25, -0.2) is 9.78 Å². The van der Waals surface area contributed by atoms with E-state index in [9.17, 15) is 9.59 Å². The number of urea groups is 1. The third-order valence-corrected chi connectivity index (χ3v) is 9.57. The molecule has 6 rings (SSSR count). The summed E-state index contributed by atoms with van der Waals surface area (Å²) in [6, 6.07) is 21.2. The van der Waals surface area contributed by atoms with Crippen LogP contribution in [0.5, 0.6) is 5.75 Å². The predicted molar refractivity (Wildman–Crippen MR) is 199 cm³/mol. The zero-order chi connectivity index (χ0) is 34.3. The molecule has 3 aromatic heterocycles. The SMILES string of the molecule is CC(C)c1cccc(C(C)C)c1NC(=O)Nc1c(-c2cccc(OCCc3ccncc3)c2)c2cccnc2n(CC2CCCCC2)c1=O. The molecule has 5 aromatic rings. The van der Waals surface area contributed by atoms with Crippen LogP contribution in [0.1, 0.15) is 88.3 Å². The number of ether oxygens (including phenoxy) is 1. The number of hydrogen-bond donors (Lipinski definition) is 2. The molecule has 1 saturated carbocycles. The minimum atomic E-state index is -0.453. The van der Waals surface area contributed by atoms with Gasteiger partial charge in [0.2, 0.25) is 0 Å². The molecule has 0 spiro atoms. The summed E-state index contributed by atoms with van der Waals surface area (Å²) < 4.78 is 7.97. The van der Waals surface area contributed by atoms with Gasteiger partial charge in [-0.1, -0.05) is 77.3 Å². The molecule has 1 aliphatic rings. The number of nitrogens with zero attached hydrogens (tertiary/aromatic N) is 3. The average molecular weight is 658 g/mol. The van der Waals surface area contributed by atoms with Crippen LogP contribution >= 0.6 is 0 Å². The number of anilines is 2. The fourth-order valence-corrected chi connectivity index (χ4v) is 7.02. The van der Waals surface area contributed by atoms with Gasteiger partial charge in [-0.2, -0.15) is 0 Å². The first-order chi connectivity index (χ1) is 23.8. The van der Waals surface area contributed by atoms with Gasteiger partial charge in [0.15, 0.2) is 0 Å². The first-order valence-electron chi connectivity index (χ1n) is 17.6. The van der Waals surface area contributed by atoms with Crippen LogP contribution in [-0.4, -0.2) is 27.2 Å². The summed E-state index contributed by atoms with van der Waals surface area (Å²) in [7, 11) is 0. The van der Waals surface area contributed by atoms with Crippen LogP contribution in [0.25, 0.3) is 22.2 Å². The molecule has 2 aromatic carbocycles. The minimum Gasteiger partial charge on any atom is -0.493 e. The van der Waals surface area contributed by atoms with E-state index in [0.717, 1.165) is 65.4 Å². The van der Waals surface area contributed by atoms with Gasteiger partial charge in [0.1, 0.15) is 17.1 Å². The maximum atomic E-state index is 14.6. The van der Waals surface area contributed by atoms with Crippen LogP contribution in [0.4, 0.5) is 16.2 Å². The van der Waals surface area contributed by atoms with Crippen LogP contribution in [0.15, 0.2) is 90.1 Å². The molecule has 0 atom stereocenters. The second-order valence-electron chi connectivity index (χ2n) is 13.7. The van der Waals surface area contributed by atoms with E-state index in [1.807, 2.05) is 54.6 Å². The Kier molecular flexibility index (Phi) is 10.7. The van der Waals surface area contributed by atoms with Gasteiger partial charge in [0, 0.05) is 48.2 Å². The summed E-state index contributed by atoms with van der Waals surface area (Å²) in [5.41, 5.74) is 6.03. The predicted octanol–water partition coefficient (Wildman–Crippen LogP) is 9.55. The number of fused-ring (bicyclic) bond motifs is 1. The summed E-state index contributed by atoms with van der Waals surface area (Å²) >= 11 is 0. The normalized spacial score (nSPS) is 13.6. The smallest absolute Gasteiger partial charge is 0.323 e. The standard InChI is InChI=1S/C41H47N5O3/c1-27(2)33-15-9-16-34(28(3)4)37(33)44-41(48)45-38-36(31-13-8-14-32(25-31)49-24-20-29-18-22-42-23-19-29)35-17-10-21-43-39(35)46(40(38)47)26-30-11-6-5-7-12-30/h8-10,13-19,21-23,25,27-28,30H,5-7,11-12,20,24,26H2,1-4H3,(H2,44,45,48). The van der Waals surface area contributed by atoms with E-state index in [-0.39, 0.29) is 23.1 Å². The van der Waals surface area contributed by atoms with Gasteiger partial charge in [-0.05, 0) is 89.2 Å². The van der Waals surface area contributed by atoms with E-state index < -0.39 is 6.03 Å². The highest BCUT2D eigenvalue weighted by molar-refractivity contribution is 6.07. The molecule has 8 nitrogen and oxygen atoms in total. The topological polar surface area (TPSA) is 98.1 Å². The first kappa shape index (κ1) is 33.9. The maximum Gasteiger partial charge on any atom is 0.323 e. The van der Waals surface area contributed by atoms with Gasteiger partial charge in [0.05, 0.1) is 6.61 Å². The zero-order valence-corrected chi connectivity index (χ0v) is 29.0. The Bertz CT molecular complexity index is 1940. The Morgan fingerprint density at radius 1 is 0.857 bits per heavy atom. The van der Waals surface area contributed by atoms with Gasteiger partial charge in [0.25, 0.3) is 5.56 Å². The van der Waals surface area contributed by atoms with Crippen LogP contribution in [0.3, 0.4) is 0 Å². The van der Waals surface area contributed by atoms with Crippen molar-refractivity contribution in [2.75, 3.05) is 17.2 Å². The van der Waals surface area contributed by atoms with E-state index in [2.05, 4.69) is 55.4 Å². The van der Waals surface area contributed by atoms with Gasteiger partial charge >= 0.3 is 6.03 Å². The van der Waals surface area contributed by atoms with E-state index in [1.54, 1.807) is 23.2 Å². The fourth-order valence-electron chi connectivity index (χ4n) is 7.02. The molecule has 1 fully saturated rings. The highest BCUT2D eigenvalue weighted by atomic mass is 16.5. The Hall–Kier alpha value is -4.98. The van der Waals surface area contributed by atoms with Crippen LogP contribution < -0.4 is 20.9 Å². The number of carbonyl (C=O) groups excluding carboxylic acids is 1. The third kappa shape index (κ3) is 7.85. The van der Waals surface area contributed by atoms with E-state index in [4.69, 9.17) is 9.72 Å². The summed E-state index contributed by atoms with van der Waals surface area (Å²) in [4.78, 5) is 37.5. The van der Waals surface area contributed by atoms with Crippen molar-refractivity contribution in [1.82, 2.24) is 14.5 Å². The number of amides is 2. The number of aromatic nitrogens is 3. The molecule has 2 amide bonds. The second-order valence-corrected chi connectivity index (χ2v) is 13.7. The molecule has 0 saturated heterocycles. The lowest BCUT2D eigenvalue weighted by molar-refractivity contribution is 0.262. The molecule has 3 heterocycles. The number of rotatable bonds is 11. The lowest BCUT2D eigenvalue weighted by Gasteiger charge is -2.25. The van der Waals surface area contributed by atoms with Crippen molar-refractivity contribution in [2.24, 2.45) is 5.92 Å². The molecule has 254 valence electrons. The van der Waals surface area contributed by atoms with Crippen molar-refractivity contribution in [1.29, 1.82) is 0 Å². The molecule has 0 bridgehead atoms. The van der Waals surface area contributed by atoms with Crippen LogP contribution in [0.2, 0.25) is 0 Å². The van der Waals surface area contributed by atoms with Gasteiger partial charge in [-0.3, -0.25) is 14.3 Å². The molecule has 1 aliphatic carbocycles. The summed E-state index contributed by atoms with van der Waals surface area (Å²) in [6.45, 7) is 9.52. The maximum absolute atomic E-state index is 14.6. The van der Waals surface area contributed by atoms with Crippen molar-refractivity contribution in [2.45, 2.75) is 84.6 Å². The summed E-state index contributed by atoms with van der Waals surface area (Å²) in [5, 5.41) is 7.01. The lowest BCUT2D eigenvalue weighted by Crippen LogP contribution is -2.32. The highest BCUT2D eigenvalue weighted by Crippen LogP contribution is 2.37. The zero-order valence-electron chi connectivity index (χ0n) is 29.0. The van der Waals surface area contributed by atoms with E-state index in [1.165, 1.54) is 6.42 Å². The number of pyridine rings is 3. The molecule has 0 radical (unpaired) electrons. The molecule has 49 heavy (non-hydrogen) atoms. The van der Waals surface area contributed by atoms with Crippen LogP contribution in [0, 0.1) is 5.92 Å². The molecular weight excluding hydrogens is 610 g/mol. The molecule has 0 unspecified atom stereocenters. The Balaban J connectivity index is 1.42. The van der Waals surface area contributed by atoms with Crippen molar-refractivity contribution < 1.29 is 9.53 Å². The first-order valence-corrected chi connectivity index (χ1v) is 17.6. The van der Waals surface area contributed by atoms with Crippen molar-refractivity contribution in [3.05, 3.63) is 112 Å². The number of nitrogens with one attached hydrogen (secondary N) is 2. The minimum absolute atomic E-state index is 0.199.